The molecule has 0 saturated heterocycles. The number of hydrogen-bond donors (Lipinski definition) is 1. The standard InChI is InChI=1S/C29H28F3N3O3/c1-18(22-9-5-6-10-24(22)29(30,31)32)37-27-15-19(11-13-23(27)28(33)36)35-17-34-25-16-21(12-14-26(25)35)38-20-7-3-2-4-8-20/h5-6,9-18,20H,2-4,7-8H2,1H3,(H2,33,36). The van der Waals surface area contributed by atoms with Crippen LogP contribution in [0.1, 0.15) is 66.6 Å². The fourth-order valence-corrected chi connectivity index (χ4v) is 4.97. The number of benzene rings is 3. The van der Waals surface area contributed by atoms with E-state index in [4.69, 9.17) is 15.2 Å². The van der Waals surface area contributed by atoms with Crippen molar-refractivity contribution in [3.05, 3.63) is 83.7 Å². The molecule has 1 fully saturated rings. The van der Waals surface area contributed by atoms with Crippen molar-refractivity contribution in [3.8, 4) is 17.2 Å². The van der Waals surface area contributed by atoms with Crippen molar-refractivity contribution in [2.24, 2.45) is 5.73 Å². The second-order valence-corrected chi connectivity index (χ2v) is 9.53. The molecule has 0 bridgehead atoms. The van der Waals surface area contributed by atoms with Gasteiger partial charge in [0.2, 0.25) is 0 Å². The van der Waals surface area contributed by atoms with Crippen LogP contribution in [0.15, 0.2) is 67.0 Å². The smallest absolute Gasteiger partial charge is 0.416 e. The number of fused-ring (bicyclic) bond motifs is 1. The van der Waals surface area contributed by atoms with Crippen LogP contribution in [-0.4, -0.2) is 21.6 Å². The fourth-order valence-electron chi connectivity index (χ4n) is 4.97. The first-order valence-electron chi connectivity index (χ1n) is 12.6. The van der Waals surface area contributed by atoms with Gasteiger partial charge in [0.05, 0.1) is 34.0 Å². The molecular formula is C29H28F3N3O3. The molecule has 4 aromatic rings. The number of nitrogens with zero attached hydrogens (tertiary/aromatic N) is 2. The number of aromatic nitrogens is 2. The maximum absolute atomic E-state index is 13.6. The van der Waals surface area contributed by atoms with Gasteiger partial charge in [-0.15, -0.1) is 0 Å². The van der Waals surface area contributed by atoms with Gasteiger partial charge in [0.15, 0.2) is 0 Å². The molecule has 1 aromatic heterocycles. The Morgan fingerprint density at radius 1 is 1.05 bits per heavy atom. The van der Waals surface area contributed by atoms with Gasteiger partial charge in [0, 0.05) is 17.7 Å². The van der Waals surface area contributed by atoms with Crippen LogP contribution in [-0.2, 0) is 6.18 Å². The maximum atomic E-state index is 13.6. The number of hydrogen-bond acceptors (Lipinski definition) is 4. The van der Waals surface area contributed by atoms with Crippen LogP contribution >= 0.6 is 0 Å². The Morgan fingerprint density at radius 3 is 2.55 bits per heavy atom. The van der Waals surface area contributed by atoms with E-state index in [0.29, 0.717) is 5.69 Å². The number of alkyl halides is 3. The Kier molecular flexibility index (Phi) is 7.01. The number of nitrogens with two attached hydrogens (primary N) is 1. The van der Waals surface area contributed by atoms with E-state index in [9.17, 15) is 18.0 Å². The Bertz CT molecular complexity index is 1460. The predicted molar refractivity (Wildman–Crippen MR) is 138 cm³/mol. The summed E-state index contributed by atoms with van der Waals surface area (Å²) in [4.78, 5) is 16.6. The first-order valence-corrected chi connectivity index (χ1v) is 12.6. The summed E-state index contributed by atoms with van der Waals surface area (Å²) < 4.78 is 54.6. The number of ether oxygens (including phenoxy) is 2. The zero-order valence-electron chi connectivity index (χ0n) is 20.9. The van der Waals surface area contributed by atoms with E-state index < -0.39 is 23.8 Å². The Balaban J connectivity index is 1.45. The average Bonchev–Trinajstić information content (AvgIpc) is 3.32. The normalized spacial score (nSPS) is 15.4. The number of imidazole rings is 1. The second kappa shape index (κ2) is 10.4. The molecule has 0 spiro atoms. The van der Waals surface area contributed by atoms with Crippen molar-refractivity contribution in [3.63, 3.8) is 0 Å². The molecule has 1 atom stereocenters. The zero-order chi connectivity index (χ0) is 26.9. The van der Waals surface area contributed by atoms with Gasteiger partial charge in [-0.05, 0) is 62.9 Å². The summed E-state index contributed by atoms with van der Waals surface area (Å²) in [6.45, 7) is 1.50. The van der Waals surface area contributed by atoms with Gasteiger partial charge >= 0.3 is 6.18 Å². The highest BCUT2D eigenvalue weighted by molar-refractivity contribution is 5.96. The van der Waals surface area contributed by atoms with Crippen LogP contribution in [0.3, 0.4) is 0 Å². The van der Waals surface area contributed by atoms with Gasteiger partial charge in [-0.1, -0.05) is 24.6 Å². The Hall–Kier alpha value is -4.01. The predicted octanol–water partition coefficient (Wildman–Crippen LogP) is 6.99. The van der Waals surface area contributed by atoms with E-state index in [2.05, 4.69) is 4.98 Å². The highest BCUT2D eigenvalue weighted by atomic mass is 19.4. The number of rotatable bonds is 7. The molecule has 38 heavy (non-hydrogen) atoms. The molecule has 1 aliphatic carbocycles. The van der Waals surface area contributed by atoms with E-state index in [1.54, 1.807) is 18.5 Å². The first-order chi connectivity index (χ1) is 18.2. The minimum Gasteiger partial charge on any atom is -0.490 e. The lowest BCUT2D eigenvalue weighted by Gasteiger charge is -2.23. The quantitative estimate of drug-likeness (QED) is 0.283. The SMILES string of the molecule is CC(Oc1cc(-n2cnc3cc(OC4CCCCC4)ccc32)ccc1C(N)=O)c1ccccc1C(F)(F)F. The zero-order valence-corrected chi connectivity index (χ0v) is 20.9. The van der Waals surface area contributed by atoms with Crippen LogP contribution in [0.2, 0.25) is 0 Å². The molecule has 5 rings (SSSR count). The van der Waals surface area contributed by atoms with Gasteiger partial charge in [0.25, 0.3) is 5.91 Å². The van der Waals surface area contributed by atoms with Gasteiger partial charge in [0.1, 0.15) is 23.9 Å². The molecule has 0 radical (unpaired) electrons. The monoisotopic (exact) mass is 523 g/mol. The molecule has 0 aliphatic heterocycles. The van der Waals surface area contributed by atoms with Crippen molar-refractivity contribution in [2.75, 3.05) is 0 Å². The lowest BCUT2D eigenvalue weighted by molar-refractivity contribution is -0.139. The lowest BCUT2D eigenvalue weighted by Crippen LogP contribution is -2.19. The molecule has 1 heterocycles. The third kappa shape index (κ3) is 5.32. The fraction of sp³-hybridized carbons (Fsp3) is 0.310. The van der Waals surface area contributed by atoms with E-state index in [-0.39, 0.29) is 23.0 Å². The topological polar surface area (TPSA) is 79.4 Å². The summed E-state index contributed by atoms with van der Waals surface area (Å²) in [6.07, 6.45) is 2.01. The van der Waals surface area contributed by atoms with Crippen molar-refractivity contribution >= 4 is 16.9 Å². The number of amides is 1. The van der Waals surface area contributed by atoms with Crippen LogP contribution in [0, 0.1) is 0 Å². The number of carbonyl (C=O) groups is 1. The van der Waals surface area contributed by atoms with Crippen LogP contribution in [0.5, 0.6) is 11.5 Å². The molecule has 1 saturated carbocycles. The summed E-state index contributed by atoms with van der Waals surface area (Å²) in [7, 11) is 0. The molecule has 3 aromatic carbocycles. The van der Waals surface area contributed by atoms with Gasteiger partial charge in [-0.3, -0.25) is 9.36 Å². The minimum absolute atomic E-state index is 0.0422. The molecule has 9 heteroatoms. The lowest BCUT2D eigenvalue weighted by atomic mass is 9.98. The molecule has 1 amide bonds. The summed E-state index contributed by atoms with van der Waals surface area (Å²) in [5, 5.41) is 0. The highest BCUT2D eigenvalue weighted by Crippen LogP contribution is 2.37. The van der Waals surface area contributed by atoms with E-state index in [1.165, 1.54) is 50.5 Å². The average molecular weight is 524 g/mol. The van der Waals surface area contributed by atoms with Crippen LogP contribution < -0.4 is 15.2 Å². The summed E-state index contributed by atoms with van der Waals surface area (Å²) >= 11 is 0. The Labute approximate surface area is 218 Å². The molecule has 6 nitrogen and oxygen atoms in total. The van der Waals surface area contributed by atoms with Gasteiger partial charge < -0.3 is 15.2 Å². The number of primary amides is 1. The molecule has 1 unspecified atom stereocenters. The number of carbonyl (C=O) groups excluding carboxylic acids is 1. The highest BCUT2D eigenvalue weighted by Gasteiger charge is 2.34. The minimum atomic E-state index is -4.54. The van der Waals surface area contributed by atoms with E-state index in [0.717, 1.165) is 35.7 Å². The third-order valence-corrected chi connectivity index (χ3v) is 6.89. The largest absolute Gasteiger partial charge is 0.490 e. The maximum Gasteiger partial charge on any atom is 0.416 e. The summed E-state index contributed by atoms with van der Waals surface area (Å²) in [5.74, 6) is 0.0985. The van der Waals surface area contributed by atoms with Crippen molar-refractivity contribution < 1.29 is 27.4 Å². The molecule has 198 valence electrons. The van der Waals surface area contributed by atoms with E-state index >= 15 is 0 Å². The van der Waals surface area contributed by atoms with Gasteiger partial charge in [-0.2, -0.15) is 13.2 Å². The number of halogens is 3. The van der Waals surface area contributed by atoms with Crippen LogP contribution in [0.25, 0.3) is 16.7 Å². The van der Waals surface area contributed by atoms with Crippen LogP contribution in [0.4, 0.5) is 13.2 Å². The van der Waals surface area contributed by atoms with Crippen molar-refractivity contribution in [1.29, 1.82) is 0 Å². The van der Waals surface area contributed by atoms with Crippen molar-refractivity contribution in [2.45, 2.75) is 57.4 Å². The third-order valence-electron chi connectivity index (χ3n) is 6.89. The molecule has 1 aliphatic rings. The first kappa shape index (κ1) is 25.6. The second-order valence-electron chi connectivity index (χ2n) is 9.53. The molecule has 2 N–H and O–H groups in total. The summed E-state index contributed by atoms with van der Waals surface area (Å²) in [6, 6.07) is 15.7. The molecular weight excluding hydrogens is 495 g/mol. The van der Waals surface area contributed by atoms with Gasteiger partial charge in [-0.25, -0.2) is 4.98 Å². The summed E-state index contributed by atoms with van der Waals surface area (Å²) in [5.41, 5.74) is 6.92. The van der Waals surface area contributed by atoms with Crippen molar-refractivity contribution in [1.82, 2.24) is 9.55 Å². The Morgan fingerprint density at radius 2 is 1.82 bits per heavy atom. The van der Waals surface area contributed by atoms with E-state index in [1.807, 2.05) is 22.8 Å².